The van der Waals surface area contributed by atoms with Crippen LogP contribution in [0.5, 0.6) is 0 Å². The van der Waals surface area contributed by atoms with Crippen LogP contribution in [-0.2, 0) is 4.74 Å². The Hall–Kier alpha value is -1.91. The van der Waals surface area contributed by atoms with Crippen molar-refractivity contribution in [2.45, 2.75) is 46.6 Å². The highest BCUT2D eigenvalue weighted by molar-refractivity contribution is 5.82. The fourth-order valence-electron chi connectivity index (χ4n) is 2.20. The first-order valence-corrected chi connectivity index (χ1v) is 7.26. The highest BCUT2D eigenvalue weighted by atomic mass is 16.6. The van der Waals surface area contributed by atoms with Crippen molar-refractivity contribution in [2.75, 3.05) is 6.54 Å². The first-order valence-electron chi connectivity index (χ1n) is 7.26. The minimum atomic E-state index is -0.507. The molecule has 1 aliphatic rings. The number of carbonyl (C=O) groups is 1. The predicted molar refractivity (Wildman–Crippen MR) is 81.5 cm³/mol. The molecule has 0 aliphatic carbocycles. The normalized spacial score (nSPS) is 19.2. The molecule has 0 bridgehead atoms. The first-order chi connectivity index (χ1) is 9.76. The molecule has 21 heavy (non-hydrogen) atoms. The molecule has 1 aromatic rings. The lowest BCUT2D eigenvalue weighted by molar-refractivity contribution is 0.0327. The number of aryl methyl sites for hydroxylation is 1. The minimum Gasteiger partial charge on any atom is -0.443 e. The molecule has 5 nitrogen and oxygen atoms in total. The Morgan fingerprint density at radius 3 is 2.52 bits per heavy atom. The van der Waals surface area contributed by atoms with Gasteiger partial charge >= 0.3 is 6.09 Å². The molecule has 1 aliphatic heterocycles. The van der Waals surface area contributed by atoms with E-state index in [1.54, 1.807) is 17.3 Å². The zero-order valence-corrected chi connectivity index (χ0v) is 13.4. The third-order valence-electron chi connectivity index (χ3n) is 3.19. The van der Waals surface area contributed by atoms with E-state index < -0.39 is 5.60 Å². The second kappa shape index (κ2) is 5.84. The van der Waals surface area contributed by atoms with E-state index in [0.29, 0.717) is 18.3 Å². The van der Waals surface area contributed by atoms with Crippen LogP contribution in [0, 0.1) is 12.8 Å². The molecule has 114 valence electrons. The molecule has 0 fully saturated rings. The van der Waals surface area contributed by atoms with Crippen LogP contribution < -0.4 is 0 Å². The van der Waals surface area contributed by atoms with Crippen LogP contribution in [0.25, 0.3) is 5.70 Å². The molecule has 2 heterocycles. The molecule has 0 aromatic carbocycles. The Morgan fingerprint density at radius 2 is 1.95 bits per heavy atom. The number of hydrogen-bond donors (Lipinski definition) is 0. The summed E-state index contributed by atoms with van der Waals surface area (Å²) in [7, 11) is 0. The molecule has 1 aromatic heterocycles. The van der Waals surface area contributed by atoms with Crippen molar-refractivity contribution in [1.82, 2.24) is 14.9 Å². The van der Waals surface area contributed by atoms with Crippen LogP contribution in [-0.4, -0.2) is 33.1 Å². The van der Waals surface area contributed by atoms with Gasteiger partial charge in [0, 0.05) is 24.5 Å². The lowest BCUT2D eigenvalue weighted by atomic mass is 10.00. The van der Waals surface area contributed by atoms with Crippen LogP contribution in [0.3, 0.4) is 0 Å². The van der Waals surface area contributed by atoms with Crippen molar-refractivity contribution in [3.05, 3.63) is 29.9 Å². The topological polar surface area (TPSA) is 55.3 Å². The molecular formula is C16H23N3O2. The molecule has 0 spiro atoms. The number of amides is 1. The van der Waals surface area contributed by atoms with Gasteiger partial charge in [0.05, 0.1) is 5.70 Å². The smallest absolute Gasteiger partial charge is 0.414 e. The Morgan fingerprint density at radius 1 is 1.33 bits per heavy atom. The van der Waals surface area contributed by atoms with E-state index in [2.05, 4.69) is 23.0 Å². The minimum absolute atomic E-state index is 0.319. The van der Waals surface area contributed by atoms with E-state index in [1.807, 2.05) is 27.7 Å². The van der Waals surface area contributed by atoms with Crippen molar-refractivity contribution in [1.29, 1.82) is 0 Å². The van der Waals surface area contributed by atoms with Crippen molar-refractivity contribution in [3.8, 4) is 0 Å². The van der Waals surface area contributed by atoms with E-state index in [9.17, 15) is 4.79 Å². The maximum Gasteiger partial charge on any atom is 0.414 e. The van der Waals surface area contributed by atoms with Crippen LogP contribution in [0.1, 0.15) is 45.5 Å². The van der Waals surface area contributed by atoms with Crippen molar-refractivity contribution in [2.24, 2.45) is 5.92 Å². The fourth-order valence-corrected chi connectivity index (χ4v) is 2.20. The molecule has 1 amide bonds. The molecular weight excluding hydrogens is 266 g/mol. The zero-order valence-electron chi connectivity index (χ0n) is 13.4. The number of rotatable bonds is 1. The van der Waals surface area contributed by atoms with E-state index >= 15 is 0 Å². The van der Waals surface area contributed by atoms with E-state index in [-0.39, 0.29) is 6.09 Å². The van der Waals surface area contributed by atoms with Gasteiger partial charge in [-0.1, -0.05) is 13.0 Å². The van der Waals surface area contributed by atoms with E-state index in [4.69, 9.17) is 4.74 Å². The lowest BCUT2D eigenvalue weighted by Crippen LogP contribution is -2.39. The predicted octanol–water partition coefficient (Wildman–Crippen LogP) is 3.40. The summed E-state index contributed by atoms with van der Waals surface area (Å²) < 4.78 is 5.51. The van der Waals surface area contributed by atoms with Gasteiger partial charge in [-0.2, -0.15) is 0 Å². The molecule has 0 saturated heterocycles. The van der Waals surface area contributed by atoms with Gasteiger partial charge < -0.3 is 4.74 Å². The van der Waals surface area contributed by atoms with Crippen molar-refractivity contribution in [3.63, 3.8) is 0 Å². The number of allylic oxidation sites excluding steroid dienone is 1. The molecule has 0 saturated carbocycles. The standard InChI is InChI=1S/C16H23N3O2/c1-11-6-7-14(13-8-17-12(2)18-9-13)19(10-11)15(20)21-16(3,4)5/h7-9,11H,6,10H2,1-5H3. The highest BCUT2D eigenvalue weighted by Crippen LogP contribution is 2.28. The maximum absolute atomic E-state index is 12.4. The largest absolute Gasteiger partial charge is 0.443 e. The van der Waals surface area contributed by atoms with Crippen LogP contribution in [0.2, 0.25) is 0 Å². The third-order valence-corrected chi connectivity index (χ3v) is 3.19. The monoisotopic (exact) mass is 289 g/mol. The van der Waals surface area contributed by atoms with Crippen LogP contribution >= 0.6 is 0 Å². The maximum atomic E-state index is 12.4. The Balaban J connectivity index is 2.28. The Labute approximate surface area is 126 Å². The van der Waals surface area contributed by atoms with E-state index in [1.165, 1.54) is 0 Å². The summed E-state index contributed by atoms with van der Waals surface area (Å²) >= 11 is 0. The summed E-state index contributed by atoms with van der Waals surface area (Å²) in [5, 5.41) is 0. The van der Waals surface area contributed by atoms with Crippen LogP contribution in [0.15, 0.2) is 18.5 Å². The number of hydrogen-bond acceptors (Lipinski definition) is 4. The molecule has 1 atom stereocenters. The number of aromatic nitrogens is 2. The Bertz CT molecular complexity index is 544. The lowest BCUT2D eigenvalue weighted by Gasteiger charge is -2.33. The number of carbonyl (C=O) groups excluding carboxylic acids is 1. The van der Waals surface area contributed by atoms with Gasteiger partial charge in [0.25, 0.3) is 0 Å². The van der Waals surface area contributed by atoms with Gasteiger partial charge in [0.2, 0.25) is 0 Å². The molecule has 2 rings (SSSR count). The summed E-state index contributed by atoms with van der Waals surface area (Å²) in [6.07, 6.45) is 6.18. The SMILES string of the molecule is Cc1ncc(C2=CCC(C)CN2C(=O)OC(C)(C)C)cn1. The van der Waals surface area contributed by atoms with Gasteiger partial charge in [0.15, 0.2) is 0 Å². The summed E-state index contributed by atoms with van der Waals surface area (Å²) in [5.74, 6) is 1.12. The average molecular weight is 289 g/mol. The van der Waals surface area contributed by atoms with Gasteiger partial charge in [-0.05, 0) is 40.0 Å². The Kier molecular flexibility index (Phi) is 4.30. The summed E-state index contributed by atoms with van der Waals surface area (Å²) in [6.45, 7) is 10.2. The third kappa shape index (κ3) is 4.03. The molecule has 1 unspecified atom stereocenters. The fraction of sp³-hybridized carbons (Fsp3) is 0.562. The zero-order chi connectivity index (χ0) is 15.6. The average Bonchev–Trinajstić information content (AvgIpc) is 2.38. The summed E-state index contributed by atoms with van der Waals surface area (Å²) in [4.78, 5) is 22.5. The van der Waals surface area contributed by atoms with Gasteiger partial charge in [-0.3, -0.25) is 4.90 Å². The van der Waals surface area contributed by atoms with Crippen molar-refractivity contribution >= 4 is 11.8 Å². The second-order valence-corrected chi connectivity index (χ2v) is 6.54. The first kappa shape index (κ1) is 15.5. The second-order valence-electron chi connectivity index (χ2n) is 6.54. The number of nitrogens with zero attached hydrogens (tertiary/aromatic N) is 3. The van der Waals surface area contributed by atoms with Gasteiger partial charge in [-0.15, -0.1) is 0 Å². The summed E-state index contributed by atoms with van der Waals surface area (Å²) in [5.41, 5.74) is 1.17. The molecule has 0 radical (unpaired) electrons. The highest BCUT2D eigenvalue weighted by Gasteiger charge is 2.29. The van der Waals surface area contributed by atoms with Gasteiger partial charge in [0.1, 0.15) is 11.4 Å². The summed E-state index contributed by atoms with van der Waals surface area (Å²) in [6, 6.07) is 0. The quantitative estimate of drug-likeness (QED) is 0.795. The van der Waals surface area contributed by atoms with E-state index in [0.717, 1.165) is 17.7 Å². The van der Waals surface area contributed by atoms with Crippen LogP contribution in [0.4, 0.5) is 4.79 Å². The number of ether oxygens (including phenoxy) is 1. The molecule has 0 N–H and O–H groups in total. The molecule has 5 heteroatoms. The van der Waals surface area contributed by atoms with Gasteiger partial charge in [-0.25, -0.2) is 14.8 Å². The van der Waals surface area contributed by atoms with Crippen molar-refractivity contribution < 1.29 is 9.53 Å².